The van der Waals surface area contributed by atoms with E-state index in [0.717, 1.165) is 39.1 Å². The standard InChI is InChI=1S/C10H18N2O2/c13-10-11-5-7-12(10)6-4-9-3-1-2-8-14-9/h9H,1-8H2,(H,11,13). The molecule has 2 saturated heterocycles. The number of hydrogen-bond donors (Lipinski definition) is 1. The quantitative estimate of drug-likeness (QED) is 0.734. The lowest BCUT2D eigenvalue weighted by atomic mass is 10.1. The van der Waals surface area contributed by atoms with Crippen LogP contribution in [0.25, 0.3) is 0 Å². The maximum absolute atomic E-state index is 11.2. The van der Waals surface area contributed by atoms with Crippen molar-refractivity contribution in [1.29, 1.82) is 0 Å². The molecule has 1 N–H and O–H groups in total. The molecule has 1 atom stereocenters. The van der Waals surface area contributed by atoms with Gasteiger partial charge in [0.15, 0.2) is 0 Å². The molecule has 2 amide bonds. The van der Waals surface area contributed by atoms with Crippen LogP contribution in [0.3, 0.4) is 0 Å². The summed E-state index contributed by atoms with van der Waals surface area (Å²) in [7, 11) is 0. The Balaban J connectivity index is 1.68. The fourth-order valence-corrected chi connectivity index (χ4v) is 2.06. The highest BCUT2D eigenvalue weighted by Gasteiger charge is 2.21. The largest absolute Gasteiger partial charge is 0.378 e. The average Bonchev–Trinajstić information content (AvgIpc) is 2.63. The average molecular weight is 198 g/mol. The highest BCUT2D eigenvalue weighted by molar-refractivity contribution is 5.76. The van der Waals surface area contributed by atoms with Crippen molar-refractivity contribution in [2.24, 2.45) is 0 Å². The van der Waals surface area contributed by atoms with E-state index in [2.05, 4.69) is 5.32 Å². The summed E-state index contributed by atoms with van der Waals surface area (Å²) in [5.41, 5.74) is 0. The molecule has 2 aliphatic heterocycles. The highest BCUT2D eigenvalue weighted by atomic mass is 16.5. The first-order valence-corrected chi connectivity index (χ1v) is 5.50. The van der Waals surface area contributed by atoms with E-state index in [1.54, 1.807) is 0 Å². The van der Waals surface area contributed by atoms with Crippen LogP contribution in [0.2, 0.25) is 0 Å². The van der Waals surface area contributed by atoms with E-state index < -0.39 is 0 Å². The normalized spacial score (nSPS) is 27.9. The number of rotatable bonds is 3. The molecule has 4 nitrogen and oxygen atoms in total. The highest BCUT2D eigenvalue weighted by Crippen LogP contribution is 2.16. The fraction of sp³-hybridized carbons (Fsp3) is 0.900. The lowest BCUT2D eigenvalue weighted by Gasteiger charge is -2.24. The van der Waals surface area contributed by atoms with E-state index in [1.807, 2.05) is 4.90 Å². The van der Waals surface area contributed by atoms with Gasteiger partial charge >= 0.3 is 6.03 Å². The zero-order chi connectivity index (χ0) is 9.80. The molecule has 0 aromatic rings. The van der Waals surface area contributed by atoms with Crippen LogP contribution in [0.15, 0.2) is 0 Å². The van der Waals surface area contributed by atoms with Gasteiger partial charge in [-0.1, -0.05) is 0 Å². The molecule has 2 rings (SSSR count). The Morgan fingerprint density at radius 3 is 3.07 bits per heavy atom. The molecule has 14 heavy (non-hydrogen) atoms. The Kier molecular flexibility index (Phi) is 3.24. The second-order valence-electron chi connectivity index (χ2n) is 4.00. The van der Waals surface area contributed by atoms with Crippen molar-refractivity contribution in [3.8, 4) is 0 Å². The summed E-state index contributed by atoms with van der Waals surface area (Å²) in [4.78, 5) is 13.1. The fourth-order valence-electron chi connectivity index (χ4n) is 2.06. The maximum Gasteiger partial charge on any atom is 0.317 e. The Labute approximate surface area is 84.6 Å². The SMILES string of the molecule is O=C1NCCN1CCC1CCCCO1. The minimum atomic E-state index is 0.0841. The van der Waals surface area contributed by atoms with Crippen LogP contribution >= 0.6 is 0 Å². The summed E-state index contributed by atoms with van der Waals surface area (Å²) in [5.74, 6) is 0. The molecule has 0 spiro atoms. The number of amides is 2. The van der Waals surface area contributed by atoms with Gasteiger partial charge in [0.1, 0.15) is 0 Å². The zero-order valence-corrected chi connectivity index (χ0v) is 8.50. The lowest BCUT2D eigenvalue weighted by Crippen LogP contribution is -2.32. The monoisotopic (exact) mass is 198 g/mol. The van der Waals surface area contributed by atoms with Crippen molar-refractivity contribution in [3.05, 3.63) is 0 Å². The van der Waals surface area contributed by atoms with Gasteiger partial charge in [-0.05, 0) is 25.7 Å². The van der Waals surface area contributed by atoms with Crippen LogP contribution in [0, 0.1) is 0 Å². The molecule has 1 unspecified atom stereocenters. The van der Waals surface area contributed by atoms with Crippen LogP contribution in [0.5, 0.6) is 0 Å². The van der Waals surface area contributed by atoms with Crippen LogP contribution in [-0.2, 0) is 4.74 Å². The minimum absolute atomic E-state index is 0.0841. The predicted molar refractivity (Wildman–Crippen MR) is 53.2 cm³/mol. The number of nitrogens with zero attached hydrogens (tertiary/aromatic N) is 1. The van der Waals surface area contributed by atoms with E-state index in [-0.39, 0.29) is 6.03 Å². The zero-order valence-electron chi connectivity index (χ0n) is 8.50. The van der Waals surface area contributed by atoms with Crippen molar-refractivity contribution in [2.45, 2.75) is 31.8 Å². The third kappa shape index (κ3) is 2.38. The molecule has 0 aliphatic carbocycles. The molecule has 4 heteroatoms. The summed E-state index contributed by atoms with van der Waals surface area (Å²) < 4.78 is 5.61. The molecule has 0 bridgehead atoms. The summed E-state index contributed by atoms with van der Waals surface area (Å²) >= 11 is 0. The molecule has 0 aromatic heterocycles. The first-order chi connectivity index (χ1) is 6.86. The smallest absolute Gasteiger partial charge is 0.317 e. The molecule has 0 saturated carbocycles. The topological polar surface area (TPSA) is 41.6 Å². The number of carbonyl (C=O) groups excluding carboxylic acids is 1. The molecule has 2 aliphatic rings. The van der Waals surface area contributed by atoms with E-state index in [4.69, 9.17) is 4.74 Å². The molecule has 0 aromatic carbocycles. The number of carbonyl (C=O) groups is 1. The van der Waals surface area contributed by atoms with Crippen LogP contribution in [0.4, 0.5) is 4.79 Å². The van der Waals surface area contributed by atoms with Crippen LogP contribution in [0.1, 0.15) is 25.7 Å². The van der Waals surface area contributed by atoms with Gasteiger partial charge in [0.25, 0.3) is 0 Å². The van der Waals surface area contributed by atoms with E-state index >= 15 is 0 Å². The van der Waals surface area contributed by atoms with Crippen molar-refractivity contribution in [3.63, 3.8) is 0 Å². The number of ether oxygens (including phenoxy) is 1. The first-order valence-electron chi connectivity index (χ1n) is 5.50. The molecule has 80 valence electrons. The Bertz CT molecular complexity index is 202. The summed E-state index contributed by atoms with van der Waals surface area (Å²) in [6.07, 6.45) is 5.01. The van der Waals surface area contributed by atoms with Gasteiger partial charge < -0.3 is 15.0 Å². The van der Waals surface area contributed by atoms with Crippen molar-refractivity contribution in [1.82, 2.24) is 10.2 Å². The summed E-state index contributed by atoms with van der Waals surface area (Å²) in [5, 5.41) is 2.80. The summed E-state index contributed by atoms with van der Waals surface area (Å²) in [6.45, 7) is 3.39. The lowest BCUT2D eigenvalue weighted by molar-refractivity contribution is 0.00813. The molecule has 0 radical (unpaired) electrons. The van der Waals surface area contributed by atoms with Crippen LogP contribution in [-0.4, -0.2) is 43.3 Å². The van der Waals surface area contributed by atoms with Gasteiger partial charge in [-0.2, -0.15) is 0 Å². The molecular weight excluding hydrogens is 180 g/mol. The van der Waals surface area contributed by atoms with Crippen LogP contribution < -0.4 is 5.32 Å². The second-order valence-corrected chi connectivity index (χ2v) is 4.00. The van der Waals surface area contributed by atoms with E-state index in [1.165, 1.54) is 12.8 Å². The first kappa shape index (κ1) is 9.77. The van der Waals surface area contributed by atoms with Gasteiger partial charge in [0, 0.05) is 26.2 Å². The van der Waals surface area contributed by atoms with E-state index in [9.17, 15) is 4.79 Å². The minimum Gasteiger partial charge on any atom is -0.378 e. The third-order valence-electron chi connectivity index (χ3n) is 2.94. The van der Waals surface area contributed by atoms with Gasteiger partial charge in [-0.25, -0.2) is 4.79 Å². The van der Waals surface area contributed by atoms with E-state index in [0.29, 0.717) is 6.10 Å². The number of nitrogens with one attached hydrogen (secondary N) is 1. The van der Waals surface area contributed by atoms with Crippen molar-refractivity contribution < 1.29 is 9.53 Å². The maximum atomic E-state index is 11.2. The number of hydrogen-bond acceptors (Lipinski definition) is 2. The molecule has 2 fully saturated rings. The summed E-state index contributed by atoms with van der Waals surface area (Å²) in [6, 6.07) is 0.0841. The van der Waals surface area contributed by atoms with Gasteiger partial charge in [-0.3, -0.25) is 0 Å². The van der Waals surface area contributed by atoms with Gasteiger partial charge in [-0.15, -0.1) is 0 Å². The molecule has 2 heterocycles. The Hall–Kier alpha value is -0.770. The Morgan fingerprint density at radius 1 is 1.50 bits per heavy atom. The van der Waals surface area contributed by atoms with Gasteiger partial charge in [0.05, 0.1) is 6.10 Å². The third-order valence-corrected chi connectivity index (χ3v) is 2.94. The van der Waals surface area contributed by atoms with Gasteiger partial charge in [0.2, 0.25) is 0 Å². The predicted octanol–water partition coefficient (Wildman–Crippen LogP) is 0.971. The van der Waals surface area contributed by atoms with Crippen molar-refractivity contribution >= 4 is 6.03 Å². The number of urea groups is 1. The molecular formula is C10H18N2O2. The Morgan fingerprint density at radius 2 is 2.43 bits per heavy atom. The van der Waals surface area contributed by atoms with Crippen molar-refractivity contribution in [2.75, 3.05) is 26.2 Å². The second kappa shape index (κ2) is 4.64.